The van der Waals surface area contributed by atoms with Gasteiger partial charge in [-0.1, -0.05) is 31.2 Å². The lowest BCUT2D eigenvalue weighted by Crippen LogP contribution is -2.39. The van der Waals surface area contributed by atoms with Crippen molar-refractivity contribution in [1.82, 2.24) is 4.90 Å². The summed E-state index contributed by atoms with van der Waals surface area (Å²) >= 11 is 0. The lowest BCUT2D eigenvalue weighted by molar-refractivity contribution is 0.0447. The van der Waals surface area contributed by atoms with Crippen molar-refractivity contribution in [2.45, 2.75) is 6.92 Å². The molecule has 0 aliphatic carbocycles. The summed E-state index contributed by atoms with van der Waals surface area (Å²) in [5.41, 5.74) is 0.459. The minimum atomic E-state index is -0.488. The number of benzene rings is 1. The summed E-state index contributed by atoms with van der Waals surface area (Å²) in [6.45, 7) is 3.05. The average molecular weight is 267 g/mol. The SMILES string of the molecule is CN(C/C=C/c1ccc(F)cc1)CC(C)(CO)CO. The van der Waals surface area contributed by atoms with E-state index in [-0.39, 0.29) is 19.0 Å². The smallest absolute Gasteiger partial charge is 0.123 e. The number of likely N-dealkylation sites (N-methyl/N-ethyl adjacent to an activating group) is 1. The Morgan fingerprint density at radius 1 is 1.21 bits per heavy atom. The molecule has 0 saturated heterocycles. The molecule has 0 radical (unpaired) electrons. The quantitative estimate of drug-likeness (QED) is 0.791. The van der Waals surface area contributed by atoms with Gasteiger partial charge in [-0.05, 0) is 24.7 Å². The molecule has 1 aromatic carbocycles. The number of hydrogen-bond donors (Lipinski definition) is 2. The molecule has 0 saturated carbocycles. The number of nitrogens with zero attached hydrogens (tertiary/aromatic N) is 1. The monoisotopic (exact) mass is 267 g/mol. The van der Waals surface area contributed by atoms with E-state index in [1.54, 1.807) is 12.1 Å². The summed E-state index contributed by atoms with van der Waals surface area (Å²) in [5, 5.41) is 18.4. The number of rotatable bonds is 7. The van der Waals surface area contributed by atoms with Crippen molar-refractivity contribution in [2.75, 3.05) is 33.4 Å². The zero-order chi connectivity index (χ0) is 14.3. The number of halogens is 1. The highest BCUT2D eigenvalue weighted by atomic mass is 19.1. The van der Waals surface area contributed by atoms with Gasteiger partial charge in [-0.25, -0.2) is 4.39 Å². The molecule has 0 unspecified atom stereocenters. The first kappa shape index (κ1) is 15.8. The molecular weight excluding hydrogens is 245 g/mol. The van der Waals surface area contributed by atoms with Gasteiger partial charge >= 0.3 is 0 Å². The fraction of sp³-hybridized carbons (Fsp3) is 0.467. The molecule has 0 amide bonds. The predicted molar refractivity (Wildman–Crippen MR) is 75.2 cm³/mol. The Kier molecular flexibility index (Phi) is 6.15. The topological polar surface area (TPSA) is 43.7 Å². The second-order valence-corrected chi connectivity index (χ2v) is 5.28. The van der Waals surface area contributed by atoms with E-state index in [4.69, 9.17) is 0 Å². The van der Waals surface area contributed by atoms with Crippen molar-refractivity contribution in [3.05, 3.63) is 41.7 Å². The lowest BCUT2D eigenvalue weighted by Gasteiger charge is -2.29. The molecule has 0 fully saturated rings. The van der Waals surface area contributed by atoms with Gasteiger partial charge in [0.05, 0.1) is 13.2 Å². The van der Waals surface area contributed by atoms with E-state index in [9.17, 15) is 14.6 Å². The fourth-order valence-electron chi connectivity index (χ4n) is 1.81. The Labute approximate surface area is 114 Å². The van der Waals surface area contributed by atoms with E-state index in [1.165, 1.54) is 12.1 Å². The van der Waals surface area contributed by atoms with Crippen LogP contribution in [0.1, 0.15) is 12.5 Å². The first-order chi connectivity index (χ1) is 8.99. The summed E-state index contributed by atoms with van der Waals surface area (Å²) in [6, 6.07) is 6.30. The second kappa shape index (κ2) is 7.38. The van der Waals surface area contributed by atoms with Gasteiger partial charge in [-0.2, -0.15) is 0 Å². The third-order valence-electron chi connectivity index (χ3n) is 3.01. The highest BCUT2D eigenvalue weighted by Gasteiger charge is 2.23. The summed E-state index contributed by atoms with van der Waals surface area (Å²) in [4.78, 5) is 2.02. The maximum Gasteiger partial charge on any atom is 0.123 e. The third kappa shape index (κ3) is 5.51. The molecule has 0 spiro atoms. The molecule has 0 aromatic heterocycles. The minimum Gasteiger partial charge on any atom is -0.396 e. The van der Waals surface area contributed by atoms with Gasteiger partial charge in [-0.3, -0.25) is 0 Å². The van der Waals surface area contributed by atoms with Crippen LogP contribution in [-0.2, 0) is 0 Å². The molecule has 106 valence electrons. The maximum atomic E-state index is 12.7. The van der Waals surface area contributed by atoms with Gasteiger partial charge in [0.2, 0.25) is 0 Å². The van der Waals surface area contributed by atoms with Crippen molar-refractivity contribution >= 4 is 6.08 Å². The van der Waals surface area contributed by atoms with E-state index in [0.717, 1.165) is 5.56 Å². The average Bonchev–Trinajstić information content (AvgIpc) is 2.41. The summed E-state index contributed by atoms with van der Waals surface area (Å²) < 4.78 is 12.7. The van der Waals surface area contributed by atoms with Crippen molar-refractivity contribution in [3.63, 3.8) is 0 Å². The fourth-order valence-corrected chi connectivity index (χ4v) is 1.81. The van der Waals surface area contributed by atoms with Crippen LogP contribution in [0, 0.1) is 11.2 Å². The van der Waals surface area contributed by atoms with Crippen LogP contribution < -0.4 is 0 Å². The molecule has 0 aliphatic heterocycles. The second-order valence-electron chi connectivity index (χ2n) is 5.28. The van der Waals surface area contributed by atoms with Gasteiger partial charge in [0.15, 0.2) is 0 Å². The van der Waals surface area contributed by atoms with Crippen molar-refractivity contribution in [2.24, 2.45) is 5.41 Å². The van der Waals surface area contributed by atoms with E-state index in [2.05, 4.69) is 0 Å². The standard InChI is InChI=1S/C15H22FNO2/c1-15(11-18,12-19)10-17(2)9-3-4-13-5-7-14(16)8-6-13/h3-8,18-19H,9-12H2,1-2H3/b4-3+. The molecule has 2 N–H and O–H groups in total. The molecule has 4 heteroatoms. The Hall–Kier alpha value is -1.23. The van der Waals surface area contributed by atoms with Crippen LogP contribution in [0.5, 0.6) is 0 Å². The van der Waals surface area contributed by atoms with Crippen LogP contribution in [0.3, 0.4) is 0 Å². The maximum absolute atomic E-state index is 12.7. The van der Waals surface area contributed by atoms with Gasteiger partial charge in [0, 0.05) is 18.5 Å². The minimum absolute atomic E-state index is 0.0461. The number of hydrogen-bond acceptors (Lipinski definition) is 3. The van der Waals surface area contributed by atoms with E-state index >= 15 is 0 Å². The van der Waals surface area contributed by atoms with Crippen LogP contribution in [0.25, 0.3) is 6.08 Å². The predicted octanol–water partition coefficient (Wildman–Crippen LogP) is 1.76. The zero-order valence-corrected chi connectivity index (χ0v) is 11.5. The van der Waals surface area contributed by atoms with Gasteiger partial charge in [-0.15, -0.1) is 0 Å². The van der Waals surface area contributed by atoms with Crippen molar-refractivity contribution in [1.29, 1.82) is 0 Å². The van der Waals surface area contributed by atoms with Crippen LogP contribution in [0.4, 0.5) is 4.39 Å². The number of aliphatic hydroxyl groups excluding tert-OH is 2. The first-order valence-corrected chi connectivity index (χ1v) is 6.31. The third-order valence-corrected chi connectivity index (χ3v) is 3.01. The first-order valence-electron chi connectivity index (χ1n) is 6.31. The van der Waals surface area contributed by atoms with Crippen LogP contribution in [-0.4, -0.2) is 48.5 Å². The van der Waals surface area contributed by atoms with Gasteiger partial charge < -0.3 is 15.1 Å². The molecule has 1 aromatic rings. The molecule has 0 heterocycles. The molecule has 0 aliphatic rings. The molecule has 0 bridgehead atoms. The van der Waals surface area contributed by atoms with E-state index in [1.807, 2.05) is 31.0 Å². The van der Waals surface area contributed by atoms with Crippen LogP contribution >= 0.6 is 0 Å². The Balaban J connectivity index is 2.45. The Morgan fingerprint density at radius 3 is 2.32 bits per heavy atom. The van der Waals surface area contributed by atoms with E-state index in [0.29, 0.717) is 13.1 Å². The van der Waals surface area contributed by atoms with E-state index < -0.39 is 5.41 Å². The normalized spacial score (nSPS) is 12.5. The summed E-state index contributed by atoms with van der Waals surface area (Å²) in [5.74, 6) is -0.240. The summed E-state index contributed by atoms with van der Waals surface area (Å²) in [6.07, 6.45) is 3.90. The molecule has 1 rings (SSSR count). The Morgan fingerprint density at radius 2 is 1.79 bits per heavy atom. The van der Waals surface area contributed by atoms with Crippen LogP contribution in [0.2, 0.25) is 0 Å². The largest absolute Gasteiger partial charge is 0.396 e. The molecular formula is C15H22FNO2. The lowest BCUT2D eigenvalue weighted by atomic mass is 9.92. The Bertz CT molecular complexity index is 399. The van der Waals surface area contributed by atoms with Crippen molar-refractivity contribution in [3.8, 4) is 0 Å². The summed E-state index contributed by atoms with van der Waals surface area (Å²) in [7, 11) is 1.93. The van der Waals surface area contributed by atoms with Crippen LogP contribution in [0.15, 0.2) is 30.3 Å². The van der Waals surface area contributed by atoms with Gasteiger partial charge in [0.25, 0.3) is 0 Å². The zero-order valence-electron chi connectivity index (χ0n) is 11.5. The molecule has 19 heavy (non-hydrogen) atoms. The molecule has 3 nitrogen and oxygen atoms in total. The molecule has 0 atom stereocenters. The highest BCUT2D eigenvalue weighted by molar-refractivity contribution is 5.48. The highest BCUT2D eigenvalue weighted by Crippen LogP contribution is 2.15. The number of aliphatic hydroxyl groups is 2. The van der Waals surface area contributed by atoms with Gasteiger partial charge in [0.1, 0.15) is 5.82 Å². The van der Waals surface area contributed by atoms with Crippen molar-refractivity contribution < 1.29 is 14.6 Å².